The first-order chi connectivity index (χ1) is 14.1. The number of aliphatic hydroxyl groups excluding tert-OH is 1. The van der Waals surface area contributed by atoms with Crippen LogP contribution >= 0.6 is 24.0 Å². The number of halogens is 1. The van der Waals surface area contributed by atoms with Gasteiger partial charge in [0, 0.05) is 19.0 Å². The molecule has 0 aliphatic carbocycles. The van der Waals surface area contributed by atoms with Crippen LogP contribution in [0.25, 0.3) is 0 Å². The van der Waals surface area contributed by atoms with Crippen LogP contribution in [0.4, 0.5) is 0 Å². The fourth-order valence-electron chi connectivity index (χ4n) is 3.15. The summed E-state index contributed by atoms with van der Waals surface area (Å²) in [6.45, 7) is 4.12. The predicted molar refractivity (Wildman–Crippen MR) is 135 cm³/mol. The molecule has 7 heteroatoms. The quantitative estimate of drug-likeness (QED) is 0.252. The van der Waals surface area contributed by atoms with Crippen molar-refractivity contribution in [2.45, 2.75) is 18.9 Å². The molecule has 2 atom stereocenters. The maximum atomic E-state index is 9.78. The number of likely N-dealkylation sites (N-methyl/N-ethyl adjacent to an activating group) is 1. The van der Waals surface area contributed by atoms with Crippen LogP contribution in [0.1, 0.15) is 30.0 Å². The molecule has 30 heavy (non-hydrogen) atoms. The number of rotatable bonds is 10. The Labute approximate surface area is 197 Å². The van der Waals surface area contributed by atoms with E-state index < -0.39 is 0 Å². The van der Waals surface area contributed by atoms with Gasteiger partial charge in [0.2, 0.25) is 0 Å². The third kappa shape index (κ3) is 8.12. The molecule has 0 aromatic heterocycles. The molecule has 2 unspecified atom stereocenters. The van der Waals surface area contributed by atoms with Crippen LogP contribution in [0.5, 0.6) is 5.75 Å². The second-order valence-electron chi connectivity index (χ2n) is 7.14. The molecule has 0 saturated carbocycles. The van der Waals surface area contributed by atoms with Crippen LogP contribution in [0.2, 0.25) is 0 Å². The van der Waals surface area contributed by atoms with Gasteiger partial charge in [-0.05, 0) is 44.3 Å². The number of nitrogens with zero attached hydrogens (tertiary/aromatic N) is 2. The highest BCUT2D eigenvalue weighted by molar-refractivity contribution is 14.0. The fraction of sp³-hybridized carbons (Fsp3) is 0.435. The number of aliphatic hydroxyl groups is 1. The first kappa shape index (κ1) is 26.2. The van der Waals surface area contributed by atoms with Gasteiger partial charge in [-0.2, -0.15) is 0 Å². The molecule has 0 aliphatic heterocycles. The lowest BCUT2D eigenvalue weighted by Gasteiger charge is -2.26. The minimum absolute atomic E-state index is 0. The SMILES string of the molecule is CCNC(=NCC(CO)c1ccccc1)NCC(c1ccc(OC)cc1)N(C)C.I. The number of benzene rings is 2. The Morgan fingerprint density at radius 2 is 1.70 bits per heavy atom. The number of guanidine groups is 1. The van der Waals surface area contributed by atoms with E-state index in [1.165, 1.54) is 5.56 Å². The van der Waals surface area contributed by atoms with Gasteiger partial charge in [0.15, 0.2) is 5.96 Å². The first-order valence-electron chi connectivity index (χ1n) is 10.1. The number of hydrogen-bond donors (Lipinski definition) is 3. The van der Waals surface area contributed by atoms with Gasteiger partial charge in [-0.25, -0.2) is 0 Å². The molecule has 0 spiro atoms. The molecule has 2 aromatic rings. The topological polar surface area (TPSA) is 69.1 Å². The molecule has 0 heterocycles. The highest BCUT2D eigenvalue weighted by Crippen LogP contribution is 2.21. The molecule has 0 amide bonds. The number of ether oxygens (including phenoxy) is 1. The van der Waals surface area contributed by atoms with Crippen LogP contribution in [0.3, 0.4) is 0 Å². The lowest BCUT2D eigenvalue weighted by atomic mass is 10.0. The van der Waals surface area contributed by atoms with Gasteiger partial charge >= 0.3 is 0 Å². The third-order valence-electron chi connectivity index (χ3n) is 4.89. The van der Waals surface area contributed by atoms with Gasteiger partial charge in [0.05, 0.1) is 26.3 Å². The minimum Gasteiger partial charge on any atom is -0.497 e. The van der Waals surface area contributed by atoms with Crippen LogP contribution in [-0.4, -0.2) is 63.4 Å². The maximum absolute atomic E-state index is 9.78. The molecular weight excluding hydrogens is 491 g/mol. The third-order valence-corrected chi connectivity index (χ3v) is 4.89. The Morgan fingerprint density at radius 1 is 1.03 bits per heavy atom. The zero-order valence-corrected chi connectivity index (χ0v) is 20.7. The van der Waals surface area contributed by atoms with Gasteiger partial charge in [-0.1, -0.05) is 42.5 Å². The van der Waals surface area contributed by atoms with Crippen LogP contribution in [0.15, 0.2) is 59.6 Å². The molecule has 166 valence electrons. The lowest BCUT2D eigenvalue weighted by molar-refractivity contribution is 0.268. The van der Waals surface area contributed by atoms with Crippen molar-refractivity contribution < 1.29 is 9.84 Å². The molecular formula is C23H35IN4O2. The first-order valence-corrected chi connectivity index (χ1v) is 10.1. The van der Waals surface area contributed by atoms with Crippen molar-refractivity contribution in [2.24, 2.45) is 4.99 Å². The van der Waals surface area contributed by atoms with Crippen molar-refractivity contribution in [1.82, 2.24) is 15.5 Å². The van der Waals surface area contributed by atoms with Gasteiger partial charge in [0.1, 0.15) is 5.75 Å². The Morgan fingerprint density at radius 3 is 2.23 bits per heavy atom. The molecule has 0 aliphatic rings. The maximum Gasteiger partial charge on any atom is 0.191 e. The van der Waals surface area contributed by atoms with Crippen molar-refractivity contribution in [3.05, 3.63) is 65.7 Å². The van der Waals surface area contributed by atoms with Crippen LogP contribution in [-0.2, 0) is 0 Å². The summed E-state index contributed by atoms with van der Waals surface area (Å²) in [6, 6.07) is 18.3. The average molecular weight is 526 g/mol. The van der Waals surface area contributed by atoms with E-state index in [0.29, 0.717) is 13.1 Å². The van der Waals surface area contributed by atoms with E-state index in [0.717, 1.165) is 23.8 Å². The Hall–Kier alpha value is -1.84. The molecule has 0 radical (unpaired) electrons. The number of nitrogens with one attached hydrogen (secondary N) is 2. The Balaban J connectivity index is 0.00000450. The highest BCUT2D eigenvalue weighted by Gasteiger charge is 2.15. The van der Waals surface area contributed by atoms with Gasteiger partial charge in [-0.3, -0.25) is 4.99 Å². The summed E-state index contributed by atoms with van der Waals surface area (Å²) < 4.78 is 5.26. The van der Waals surface area contributed by atoms with E-state index in [9.17, 15) is 5.11 Å². The van der Waals surface area contributed by atoms with Crippen molar-refractivity contribution in [3.63, 3.8) is 0 Å². The van der Waals surface area contributed by atoms with Crippen molar-refractivity contribution >= 4 is 29.9 Å². The highest BCUT2D eigenvalue weighted by atomic mass is 127. The Kier molecular flexibility index (Phi) is 12.4. The second kappa shape index (κ2) is 14.2. The zero-order chi connectivity index (χ0) is 21.1. The minimum atomic E-state index is -0.0158. The smallest absolute Gasteiger partial charge is 0.191 e. The summed E-state index contributed by atoms with van der Waals surface area (Å²) in [6.07, 6.45) is 0. The monoisotopic (exact) mass is 526 g/mol. The predicted octanol–water partition coefficient (Wildman–Crippen LogP) is 3.25. The molecule has 2 rings (SSSR count). The van der Waals surface area contributed by atoms with E-state index in [4.69, 9.17) is 9.73 Å². The van der Waals surface area contributed by atoms with E-state index in [1.807, 2.05) is 49.4 Å². The van der Waals surface area contributed by atoms with E-state index in [2.05, 4.69) is 41.8 Å². The number of aliphatic imine (C=N–C) groups is 1. The standard InChI is InChI=1S/C23H34N4O2.HI/c1-5-24-23(25-15-20(17-28)18-9-7-6-8-10-18)26-16-22(27(2)3)19-11-13-21(29-4)14-12-19;/h6-14,20,22,28H,5,15-17H2,1-4H3,(H2,24,25,26);1H. The summed E-state index contributed by atoms with van der Waals surface area (Å²) in [7, 11) is 5.81. The number of methoxy groups -OCH3 is 1. The largest absolute Gasteiger partial charge is 0.497 e. The summed E-state index contributed by atoms with van der Waals surface area (Å²) in [5, 5.41) is 16.5. The molecule has 0 bridgehead atoms. The van der Waals surface area contributed by atoms with E-state index >= 15 is 0 Å². The summed E-state index contributed by atoms with van der Waals surface area (Å²) >= 11 is 0. The molecule has 3 N–H and O–H groups in total. The average Bonchev–Trinajstić information content (AvgIpc) is 2.75. The normalized spacial score (nSPS) is 13.3. The summed E-state index contributed by atoms with van der Waals surface area (Å²) in [4.78, 5) is 6.89. The molecule has 0 fully saturated rings. The van der Waals surface area contributed by atoms with Gasteiger partial charge < -0.3 is 25.4 Å². The van der Waals surface area contributed by atoms with Crippen molar-refractivity contribution in [1.29, 1.82) is 0 Å². The molecule has 6 nitrogen and oxygen atoms in total. The van der Waals surface area contributed by atoms with Gasteiger partial charge in [-0.15, -0.1) is 24.0 Å². The second-order valence-corrected chi connectivity index (χ2v) is 7.14. The van der Waals surface area contributed by atoms with E-state index in [-0.39, 0.29) is 42.5 Å². The lowest BCUT2D eigenvalue weighted by Crippen LogP contribution is -2.42. The molecule has 2 aromatic carbocycles. The molecule has 0 saturated heterocycles. The number of hydrogen-bond acceptors (Lipinski definition) is 4. The Bertz CT molecular complexity index is 739. The van der Waals surface area contributed by atoms with Crippen LogP contribution in [0, 0.1) is 0 Å². The van der Waals surface area contributed by atoms with Crippen molar-refractivity contribution in [2.75, 3.05) is 47.4 Å². The van der Waals surface area contributed by atoms with E-state index in [1.54, 1.807) is 7.11 Å². The summed E-state index contributed by atoms with van der Waals surface area (Å²) in [5.41, 5.74) is 2.30. The zero-order valence-electron chi connectivity index (χ0n) is 18.3. The summed E-state index contributed by atoms with van der Waals surface area (Å²) in [5.74, 6) is 1.59. The van der Waals surface area contributed by atoms with Crippen molar-refractivity contribution in [3.8, 4) is 5.75 Å². The van der Waals surface area contributed by atoms with Gasteiger partial charge in [0.25, 0.3) is 0 Å². The fourth-order valence-corrected chi connectivity index (χ4v) is 3.15. The van der Waals surface area contributed by atoms with Crippen LogP contribution < -0.4 is 15.4 Å².